The molecule has 0 amide bonds. The summed E-state index contributed by atoms with van der Waals surface area (Å²) < 4.78 is 1.70. The van der Waals surface area contributed by atoms with Crippen molar-refractivity contribution in [3.8, 4) is 0 Å². The van der Waals surface area contributed by atoms with Gasteiger partial charge in [0.2, 0.25) is 5.78 Å². The summed E-state index contributed by atoms with van der Waals surface area (Å²) in [6, 6.07) is 1.75. The molecule has 82 valence electrons. The zero-order valence-electron chi connectivity index (χ0n) is 9.23. The molecule has 0 radical (unpaired) electrons. The van der Waals surface area contributed by atoms with E-state index in [2.05, 4.69) is 5.10 Å². The Kier molecular flexibility index (Phi) is 2.38. The molecule has 1 atom stereocenters. The number of rotatable bonds is 4. The number of aryl methyl sites for hydroxylation is 1. The molecule has 1 unspecified atom stereocenters. The summed E-state index contributed by atoms with van der Waals surface area (Å²) in [6.07, 6.45) is 3.79. The van der Waals surface area contributed by atoms with E-state index in [1.807, 2.05) is 13.8 Å². The number of Topliss-reactive ketones (excluding diaryl/α,β-unsaturated/α-hetero) is 1. The van der Waals surface area contributed by atoms with Crippen molar-refractivity contribution in [1.82, 2.24) is 9.78 Å². The molecular weight excluding hydrogens is 190 g/mol. The zero-order valence-corrected chi connectivity index (χ0v) is 9.23. The largest absolute Gasteiger partial charge is 0.319 e. The van der Waals surface area contributed by atoms with Gasteiger partial charge in [0.05, 0.1) is 5.54 Å². The third-order valence-corrected chi connectivity index (χ3v) is 3.16. The van der Waals surface area contributed by atoms with Crippen LogP contribution in [0.2, 0.25) is 0 Å². The molecule has 4 heteroatoms. The van der Waals surface area contributed by atoms with Gasteiger partial charge in [-0.05, 0) is 38.7 Å². The Morgan fingerprint density at radius 2 is 2.40 bits per heavy atom. The minimum Gasteiger partial charge on any atom is -0.319 e. The van der Waals surface area contributed by atoms with Gasteiger partial charge in [-0.2, -0.15) is 5.10 Å². The number of hydrogen-bond acceptors (Lipinski definition) is 3. The second-order valence-corrected chi connectivity index (χ2v) is 4.42. The molecule has 1 aromatic heterocycles. The van der Waals surface area contributed by atoms with Gasteiger partial charge in [-0.25, -0.2) is 0 Å². The molecular formula is C11H17N3O. The van der Waals surface area contributed by atoms with Gasteiger partial charge in [-0.1, -0.05) is 0 Å². The molecule has 0 aromatic carbocycles. The van der Waals surface area contributed by atoms with Crippen LogP contribution in [0.5, 0.6) is 0 Å². The number of carbonyl (C=O) groups excluding carboxylic acids is 1. The second kappa shape index (κ2) is 3.45. The van der Waals surface area contributed by atoms with Crippen molar-refractivity contribution >= 4 is 5.78 Å². The van der Waals surface area contributed by atoms with Crippen molar-refractivity contribution in [3.63, 3.8) is 0 Å². The van der Waals surface area contributed by atoms with Crippen LogP contribution in [0.1, 0.15) is 37.2 Å². The van der Waals surface area contributed by atoms with Crippen LogP contribution in [0.25, 0.3) is 0 Å². The Morgan fingerprint density at radius 3 is 2.93 bits per heavy atom. The summed E-state index contributed by atoms with van der Waals surface area (Å²) in [4.78, 5) is 12.2. The molecule has 1 fully saturated rings. The maximum Gasteiger partial charge on any atom is 0.200 e. The quantitative estimate of drug-likeness (QED) is 0.755. The highest BCUT2D eigenvalue weighted by atomic mass is 16.1. The first-order valence-corrected chi connectivity index (χ1v) is 5.43. The van der Waals surface area contributed by atoms with Crippen LogP contribution < -0.4 is 5.73 Å². The lowest BCUT2D eigenvalue weighted by Gasteiger charge is -2.22. The normalized spacial score (nSPS) is 19.9. The fraction of sp³-hybridized carbons (Fsp3) is 0.636. The van der Waals surface area contributed by atoms with Crippen molar-refractivity contribution in [1.29, 1.82) is 0 Å². The highest BCUT2D eigenvalue weighted by Gasteiger charge is 2.45. The maximum atomic E-state index is 12.2. The van der Waals surface area contributed by atoms with Crippen LogP contribution >= 0.6 is 0 Å². The lowest BCUT2D eigenvalue weighted by Crippen LogP contribution is -2.47. The SMILES string of the molecule is CCn1nccc1C(=O)C(C)(N)C1CC1. The summed E-state index contributed by atoms with van der Waals surface area (Å²) >= 11 is 0. The number of nitrogens with two attached hydrogens (primary N) is 1. The van der Waals surface area contributed by atoms with Crippen LogP contribution in [0.3, 0.4) is 0 Å². The smallest absolute Gasteiger partial charge is 0.200 e. The standard InChI is InChI=1S/C11H17N3O/c1-3-14-9(6-7-13-14)10(15)11(2,12)8-4-5-8/h6-8H,3-5,12H2,1-2H3. The zero-order chi connectivity index (χ0) is 11.1. The highest BCUT2D eigenvalue weighted by Crippen LogP contribution is 2.39. The Hall–Kier alpha value is -1.16. The van der Waals surface area contributed by atoms with E-state index in [1.54, 1.807) is 16.9 Å². The van der Waals surface area contributed by atoms with E-state index in [0.717, 1.165) is 12.8 Å². The lowest BCUT2D eigenvalue weighted by molar-refractivity contribution is 0.0872. The van der Waals surface area contributed by atoms with E-state index in [4.69, 9.17) is 5.73 Å². The Balaban J connectivity index is 2.27. The molecule has 1 aromatic rings. The van der Waals surface area contributed by atoms with Crippen LogP contribution in [-0.4, -0.2) is 21.1 Å². The van der Waals surface area contributed by atoms with E-state index < -0.39 is 5.54 Å². The predicted molar refractivity (Wildman–Crippen MR) is 57.5 cm³/mol. The summed E-state index contributed by atoms with van der Waals surface area (Å²) in [5.41, 5.74) is 6.01. The van der Waals surface area contributed by atoms with Gasteiger partial charge in [-0.3, -0.25) is 9.48 Å². The monoisotopic (exact) mass is 207 g/mol. The summed E-state index contributed by atoms with van der Waals surface area (Å²) in [5.74, 6) is 0.370. The first-order valence-electron chi connectivity index (χ1n) is 5.43. The molecule has 1 aliphatic carbocycles. The van der Waals surface area contributed by atoms with E-state index in [0.29, 0.717) is 18.2 Å². The highest BCUT2D eigenvalue weighted by molar-refractivity contribution is 6.02. The fourth-order valence-electron chi connectivity index (χ4n) is 1.92. The molecule has 15 heavy (non-hydrogen) atoms. The van der Waals surface area contributed by atoms with E-state index in [-0.39, 0.29) is 5.78 Å². The summed E-state index contributed by atoms with van der Waals surface area (Å²) in [6.45, 7) is 4.50. The number of hydrogen-bond donors (Lipinski definition) is 1. The van der Waals surface area contributed by atoms with Crippen molar-refractivity contribution in [2.45, 2.75) is 38.8 Å². The number of carbonyl (C=O) groups is 1. The summed E-state index contributed by atoms with van der Waals surface area (Å²) in [5, 5.41) is 4.09. The molecule has 0 saturated heterocycles. The van der Waals surface area contributed by atoms with Gasteiger partial charge in [0.25, 0.3) is 0 Å². The number of nitrogens with zero attached hydrogens (tertiary/aromatic N) is 2. The summed E-state index contributed by atoms with van der Waals surface area (Å²) in [7, 11) is 0. The third kappa shape index (κ3) is 1.69. The van der Waals surface area contributed by atoms with Gasteiger partial charge in [0.15, 0.2) is 0 Å². The average molecular weight is 207 g/mol. The molecule has 2 N–H and O–H groups in total. The first-order chi connectivity index (χ1) is 7.07. The van der Waals surface area contributed by atoms with Gasteiger partial charge in [0, 0.05) is 12.7 Å². The Bertz CT molecular complexity index is 377. The molecule has 4 nitrogen and oxygen atoms in total. The molecule has 0 spiro atoms. The average Bonchev–Trinajstić information content (AvgIpc) is 2.96. The minimum absolute atomic E-state index is 0.0179. The lowest BCUT2D eigenvalue weighted by atomic mass is 9.90. The van der Waals surface area contributed by atoms with E-state index in [9.17, 15) is 4.79 Å². The molecule has 0 bridgehead atoms. The van der Waals surface area contributed by atoms with Crippen molar-refractivity contribution < 1.29 is 4.79 Å². The van der Waals surface area contributed by atoms with Crippen LogP contribution in [0.4, 0.5) is 0 Å². The van der Waals surface area contributed by atoms with Crippen LogP contribution in [0, 0.1) is 5.92 Å². The number of aromatic nitrogens is 2. The van der Waals surface area contributed by atoms with Crippen molar-refractivity contribution in [3.05, 3.63) is 18.0 Å². The molecule has 1 saturated carbocycles. The van der Waals surface area contributed by atoms with Gasteiger partial charge < -0.3 is 5.73 Å². The topological polar surface area (TPSA) is 60.9 Å². The van der Waals surface area contributed by atoms with Gasteiger partial charge in [-0.15, -0.1) is 0 Å². The van der Waals surface area contributed by atoms with Gasteiger partial charge in [0.1, 0.15) is 5.69 Å². The van der Waals surface area contributed by atoms with Crippen LogP contribution in [0.15, 0.2) is 12.3 Å². The number of ketones is 1. The van der Waals surface area contributed by atoms with Gasteiger partial charge >= 0.3 is 0 Å². The van der Waals surface area contributed by atoms with Crippen molar-refractivity contribution in [2.24, 2.45) is 11.7 Å². The Morgan fingerprint density at radius 1 is 1.73 bits per heavy atom. The minimum atomic E-state index is -0.715. The Labute approximate surface area is 89.5 Å². The first kappa shape index (κ1) is 10.4. The van der Waals surface area contributed by atoms with Crippen molar-refractivity contribution in [2.75, 3.05) is 0 Å². The molecule has 1 heterocycles. The predicted octanol–water partition coefficient (Wildman–Crippen LogP) is 1.21. The fourth-order valence-corrected chi connectivity index (χ4v) is 1.92. The molecule has 1 aliphatic rings. The van der Waals surface area contributed by atoms with Crippen LogP contribution in [-0.2, 0) is 6.54 Å². The molecule has 0 aliphatic heterocycles. The second-order valence-electron chi connectivity index (χ2n) is 4.42. The van der Waals surface area contributed by atoms with E-state index in [1.165, 1.54) is 0 Å². The maximum absolute atomic E-state index is 12.2. The van der Waals surface area contributed by atoms with E-state index >= 15 is 0 Å². The third-order valence-electron chi connectivity index (χ3n) is 3.16. The molecule has 2 rings (SSSR count).